The van der Waals surface area contributed by atoms with Crippen molar-refractivity contribution in [1.82, 2.24) is 9.97 Å². The summed E-state index contributed by atoms with van der Waals surface area (Å²) in [5.41, 5.74) is 1.39. The Balaban J connectivity index is 1.74. The third-order valence-corrected chi connectivity index (χ3v) is 6.57. The second kappa shape index (κ2) is 6.15. The molecule has 0 amide bonds. The number of halogens is 1. The number of thiophene rings is 1. The summed E-state index contributed by atoms with van der Waals surface area (Å²) in [6.07, 6.45) is 4.68. The third-order valence-electron chi connectivity index (χ3n) is 5.25. The zero-order valence-corrected chi connectivity index (χ0v) is 15.2. The molecule has 3 heterocycles. The van der Waals surface area contributed by atoms with Crippen molar-refractivity contribution in [2.75, 3.05) is 18.0 Å². The number of rotatable bonds is 2. The largest absolute Gasteiger partial charge is 0.481 e. The number of carboxylic acids is 1. The van der Waals surface area contributed by atoms with Gasteiger partial charge in [-0.3, -0.25) is 4.79 Å². The van der Waals surface area contributed by atoms with Crippen LogP contribution in [0.25, 0.3) is 10.2 Å². The van der Waals surface area contributed by atoms with Gasteiger partial charge in [-0.2, -0.15) is 4.98 Å². The lowest BCUT2D eigenvalue weighted by Gasteiger charge is -2.31. The highest BCUT2D eigenvalue weighted by atomic mass is 35.5. The van der Waals surface area contributed by atoms with Crippen molar-refractivity contribution in [2.45, 2.75) is 39.0 Å². The van der Waals surface area contributed by atoms with Crippen LogP contribution in [-0.2, 0) is 17.6 Å². The van der Waals surface area contributed by atoms with Crippen molar-refractivity contribution < 1.29 is 9.90 Å². The summed E-state index contributed by atoms with van der Waals surface area (Å²) in [4.78, 5) is 24.8. The van der Waals surface area contributed by atoms with Crippen molar-refractivity contribution in [3.63, 3.8) is 0 Å². The Morgan fingerprint density at radius 2 is 2.04 bits per heavy atom. The number of carbonyl (C=O) groups is 1. The van der Waals surface area contributed by atoms with Gasteiger partial charge >= 0.3 is 5.97 Å². The molecule has 0 radical (unpaired) electrons. The van der Waals surface area contributed by atoms with Crippen molar-refractivity contribution in [3.8, 4) is 0 Å². The zero-order chi connectivity index (χ0) is 16.8. The molecule has 4 rings (SSSR count). The molecule has 0 saturated carbocycles. The van der Waals surface area contributed by atoms with Crippen LogP contribution in [0.4, 0.5) is 5.82 Å². The van der Waals surface area contributed by atoms with Gasteiger partial charge in [0.15, 0.2) is 0 Å². The predicted molar refractivity (Wildman–Crippen MR) is 96.2 cm³/mol. The highest BCUT2D eigenvalue weighted by Gasteiger charge is 2.29. The normalized spacial score (nSPS) is 21.9. The first kappa shape index (κ1) is 16.1. The molecule has 1 aliphatic carbocycles. The standard InChI is InChI=1S/C17H20ClN3O2S/c1-9-2-3-11-12(8-9)24-15-13(11)14(19-17(18)20-15)21-6-4-10(5-7-21)16(22)23/h9-10H,2-8H2,1H3,(H,22,23). The minimum atomic E-state index is -0.692. The van der Waals surface area contributed by atoms with Crippen molar-refractivity contribution in [3.05, 3.63) is 15.7 Å². The molecule has 0 aromatic carbocycles. The second-order valence-electron chi connectivity index (χ2n) is 6.95. The number of hydrogen-bond acceptors (Lipinski definition) is 5. The Bertz CT molecular complexity index is 799. The summed E-state index contributed by atoms with van der Waals surface area (Å²) in [7, 11) is 0. The molecule has 2 aromatic rings. The Kier molecular flexibility index (Phi) is 4.12. The van der Waals surface area contributed by atoms with Gasteiger partial charge in [0, 0.05) is 18.0 Å². The maximum atomic E-state index is 11.2. The topological polar surface area (TPSA) is 66.3 Å². The van der Waals surface area contributed by atoms with E-state index in [4.69, 9.17) is 11.6 Å². The van der Waals surface area contributed by atoms with Crippen molar-refractivity contribution in [1.29, 1.82) is 0 Å². The molecule has 1 N–H and O–H groups in total. The number of aliphatic carboxylic acids is 1. The van der Waals surface area contributed by atoms with Gasteiger partial charge in [0.05, 0.1) is 11.3 Å². The Morgan fingerprint density at radius 1 is 1.29 bits per heavy atom. The van der Waals surface area contributed by atoms with Crippen LogP contribution in [0.15, 0.2) is 0 Å². The highest BCUT2D eigenvalue weighted by Crippen LogP contribution is 2.42. The summed E-state index contributed by atoms with van der Waals surface area (Å²) >= 11 is 7.92. The van der Waals surface area contributed by atoms with E-state index in [1.165, 1.54) is 16.9 Å². The van der Waals surface area contributed by atoms with Crippen LogP contribution in [0.1, 0.15) is 36.6 Å². The summed E-state index contributed by atoms with van der Waals surface area (Å²) in [6, 6.07) is 0. The van der Waals surface area contributed by atoms with Crippen LogP contribution in [0.2, 0.25) is 5.28 Å². The molecule has 1 fully saturated rings. The lowest BCUT2D eigenvalue weighted by molar-refractivity contribution is -0.142. The van der Waals surface area contributed by atoms with Gasteiger partial charge in [0.1, 0.15) is 10.6 Å². The van der Waals surface area contributed by atoms with E-state index in [1.54, 1.807) is 11.3 Å². The number of anilines is 1. The molecular weight excluding hydrogens is 346 g/mol. The van der Waals surface area contributed by atoms with Crippen LogP contribution >= 0.6 is 22.9 Å². The van der Waals surface area contributed by atoms with Crippen LogP contribution in [0.3, 0.4) is 0 Å². The van der Waals surface area contributed by atoms with E-state index in [1.807, 2.05) is 0 Å². The van der Waals surface area contributed by atoms with E-state index in [0.717, 1.165) is 28.9 Å². The van der Waals surface area contributed by atoms with E-state index in [0.29, 0.717) is 31.8 Å². The molecule has 0 bridgehead atoms. The van der Waals surface area contributed by atoms with Gasteiger partial charge in [0.25, 0.3) is 0 Å². The van der Waals surface area contributed by atoms with E-state index >= 15 is 0 Å². The Morgan fingerprint density at radius 3 is 2.75 bits per heavy atom. The molecule has 128 valence electrons. The van der Waals surface area contributed by atoms with Crippen LogP contribution in [0.5, 0.6) is 0 Å². The SMILES string of the molecule is CC1CCc2c(sc3nc(Cl)nc(N4CCC(C(=O)O)CC4)c23)C1. The predicted octanol–water partition coefficient (Wildman–Crippen LogP) is 3.77. The molecule has 2 aromatic heterocycles. The number of nitrogens with zero attached hydrogens (tertiary/aromatic N) is 3. The van der Waals surface area contributed by atoms with Crippen molar-refractivity contribution in [2.24, 2.45) is 11.8 Å². The lowest BCUT2D eigenvalue weighted by Crippen LogP contribution is -2.37. The van der Waals surface area contributed by atoms with Gasteiger partial charge in [-0.05, 0) is 55.2 Å². The molecule has 1 atom stereocenters. The summed E-state index contributed by atoms with van der Waals surface area (Å²) < 4.78 is 0. The molecule has 2 aliphatic rings. The average Bonchev–Trinajstić information content (AvgIpc) is 2.91. The second-order valence-corrected chi connectivity index (χ2v) is 8.37. The monoisotopic (exact) mass is 365 g/mol. The number of aryl methyl sites for hydroxylation is 1. The van der Waals surface area contributed by atoms with Gasteiger partial charge in [-0.1, -0.05) is 6.92 Å². The third kappa shape index (κ3) is 2.75. The fourth-order valence-electron chi connectivity index (χ4n) is 3.86. The first-order valence-corrected chi connectivity index (χ1v) is 9.68. The molecule has 0 spiro atoms. The van der Waals surface area contributed by atoms with Crippen LogP contribution < -0.4 is 4.90 Å². The first-order valence-electron chi connectivity index (χ1n) is 8.48. The molecule has 24 heavy (non-hydrogen) atoms. The van der Waals surface area contributed by atoms with Gasteiger partial charge in [-0.25, -0.2) is 4.98 Å². The minimum absolute atomic E-state index is 0.244. The maximum Gasteiger partial charge on any atom is 0.306 e. The number of carboxylic acid groups (broad SMARTS) is 1. The molecular formula is C17H20ClN3O2S. The number of fused-ring (bicyclic) bond motifs is 3. The van der Waals surface area contributed by atoms with Gasteiger partial charge < -0.3 is 10.0 Å². The van der Waals surface area contributed by atoms with E-state index in [9.17, 15) is 9.90 Å². The molecule has 7 heteroatoms. The van der Waals surface area contributed by atoms with Crippen LogP contribution in [-0.4, -0.2) is 34.1 Å². The summed E-state index contributed by atoms with van der Waals surface area (Å²) in [5, 5.41) is 10.6. The Labute approximate surface area is 149 Å². The fraction of sp³-hybridized carbons (Fsp3) is 0.588. The number of aromatic nitrogens is 2. The summed E-state index contributed by atoms with van der Waals surface area (Å²) in [6.45, 7) is 3.71. The molecule has 1 saturated heterocycles. The quantitative estimate of drug-likeness (QED) is 0.820. The minimum Gasteiger partial charge on any atom is -0.481 e. The van der Waals surface area contributed by atoms with Gasteiger partial charge in [0.2, 0.25) is 5.28 Å². The number of hydrogen-bond donors (Lipinski definition) is 1. The number of piperidine rings is 1. The molecule has 1 unspecified atom stereocenters. The van der Waals surface area contributed by atoms with E-state index in [2.05, 4.69) is 21.8 Å². The Hall–Kier alpha value is -1.40. The van der Waals surface area contributed by atoms with Gasteiger partial charge in [-0.15, -0.1) is 11.3 Å². The molecule has 1 aliphatic heterocycles. The van der Waals surface area contributed by atoms with Crippen LogP contribution in [0, 0.1) is 11.8 Å². The van der Waals surface area contributed by atoms with Crippen molar-refractivity contribution >= 4 is 44.9 Å². The zero-order valence-electron chi connectivity index (χ0n) is 13.6. The van der Waals surface area contributed by atoms with E-state index < -0.39 is 5.97 Å². The lowest BCUT2D eigenvalue weighted by atomic mass is 9.89. The first-order chi connectivity index (χ1) is 11.5. The molecule has 5 nitrogen and oxygen atoms in total. The average molecular weight is 366 g/mol. The van der Waals surface area contributed by atoms with E-state index in [-0.39, 0.29) is 11.2 Å². The highest BCUT2D eigenvalue weighted by molar-refractivity contribution is 7.19. The summed E-state index contributed by atoms with van der Waals surface area (Å²) in [5.74, 6) is 0.679. The smallest absolute Gasteiger partial charge is 0.306 e. The maximum absolute atomic E-state index is 11.2. The fourth-order valence-corrected chi connectivity index (χ4v) is 5.46.